The third kappa shape index (κ3) is 2.59. The fraction of sp³-hybridized carbons (Fsp3) is 0.273. The molecule has 0 amide bonds. The van der Waals surface area contributed by atoms with Gasteiger partial charge in [-0.2, -0.15) is 0 Å². The van der Waals surface area contributed by atoms with Crippen LogP contribution in [0.4, 0.5) is 0 Å². The average molecular weight is 237 g/mol. The smallest absolute Gasteiger partial charge is 0.0832 e. The highest BCUT2D eigenvalue weighted by molar-refractivity contribution is 6.30. The average Bonchev–Trinajstić information content (AvgIpc) is 2.75. The van der Waals surface area contributed by atoms with Gasteiger partial charge in [0.25, 0.3) is 0 Å². The second-order valence-corrected chi connectivity index (χ2v) is 3.96. The van der Waals surface area contributed by atoms with Crippen molar-refractivity contribution in [1.29, 1.82) is 0 Å². The lowest BCUT2D eigenvalue weighted by Gasteiger charge is -1.99. The molecule has 0 saturated heterocycles. The fourth-order valence-electron chi connectivity index (χ4n) is 1.44. The van der Waals surface area contributed by atoms with Crippen molar-refractivity contribution in [2.24, 2.45) is 5.73 Å². The Hall–Kier alpha value is -1.39. The van der Waals surface area contributed by atoms with E-state index in [-0.39, 0.29) is 0 Å². The first kappa shape index (κ1) is 11.1. The van der Waals surface area contributed by atoms with Gasteiger partial charge in [0.05, 0.1) is 17.6 Å². The molecule has 1 heterocycles. The molecule has 2 N–H and O–H groups in total. The maximum atomic E-state index is 5.91. The van der Waals surface area contributed by atoms with Crippen LogP contribution in [0, 0.1) is 0 Å². The first-order valence-electron chi connectivity index (χ1n) is 5.17. The molecular weight excluding hydrogens is 224 g/mol. The quantitative estimate of drug-likeness (QED) is 0.881. The Labute approximate surface area is 99.0 Å². The molecular formula is C11H13ClN4. The Bertz CT molecular complexity index is 467. The van der Waals surface area contributed by atoms with Crippen molar-refractivity contribution in [3.05, 3.63) is 41.2 Å². The minimum atomic E-state index is 0.671. The van der Waals surface area contributed by atoms with Crippen LogP contribution in [-0.4, -0.2) is 21.5 Å². The summed E-state index contributed by atoms with van der Waals surface area (Å²) in [5.74, 6) is 0. The lowest BCUT2D eigenvalue weighted by Crippen LogP contribution is -2.00. The topological polar surface area (TPSA) is 56.7 Å². The highest BCUT2D eigenvalue weighted by atomic mass is 35.5. The molecule has 0 radical (unpaired) electrons. The van der Waals surface area contributed by atoms with Gasteiger partial charge in [-0.1, -0.05) is 22.9 Å². The van der Waals surface area contributed by atoms with E-state index in [1.54, 1.807) is 4.68 Å². The second-order valence-electron chi connectivity index (χ2n) is 3.53. The molecule has 0 unspecified atom stereocenters. The zero-order chi connectivity index (χ0) is 11.4. The van der Waals surface area contributed by atoms with E-state index in [0.29, 0.717) is 11.6 Å². The van der Waals surface area contributed by atoms with E-state index in [1.165, 1.54) is 0 Å². The van der Waals surface area contributed by atoms with Crippen molar-refractivity contribution >= 4 is 11.6 Å². The number of aromatic nitrogens is 3. The van der Waals surface area contributed by atoms with Gasteiger partial charge in [-0.25, -0.2) is 4.68 Å². The summed E-state index contributed by atoms with van der Waals surface area (Å²) in [6.07, 6.45) is 3.69. The molecule has 4 nitrogen and oxygen atoms in total. The number of hydrogen-bond acceptors (Lipinski definition) is 3. The zero-order valence-electron chi connectivity index (χ0n) is 8.81. The Morgan fingerprint density at radius 3 is 3.00 bits per heavy atom. The normalized spacial score (nSPS) is 10.6. The Kier molecular flexibility index (Phi) is 3.54. The lowest BCUT2D eigenvalue weighted by molar-refractivity contribution is 0.779. The van der Waals surface area contributed by atoms with Crippen LogP contribution in [0.25, 0.3) is 5.69 Å². The van der Waals surface area contributed by atoms with E-state index in [2.05, 4.69) is 10.3 Å². The van der Waals surface area contributed by atoms with E-state index in [9.17, 15) is 0 Å². The van der Waals surface area contributed by atoms with Crippen molar-refractivity contribution in [2.45, 2.75) is 12.8 Å². The molecule has 0 atom stereocenters. The molecule has 0 fully saturated rings. The van der Waals surface area contributed by atoms with E-state index in [1.807, 2.05) is 30.5 Å². The van der Waals surface area contributed by atoms with Crippen LogP contribution in [0.5, 0.6) is 0 Å². The van der Waals surface area contributed by atoms with Crippen LogP contribution in [0.3, 0.4) is 0 Å². The summed E-state index contributed by atoms with van der Waals surface area (Å²) in [5, 5.41) is 8.81. The summed E-state index contributed by atoms with van der Waals surface area (Å²) >= 11 is 5.91. The van der Waals surface area contributed by atoms with E-state index in [4.69, 9.17) is 17.3 Å². The summed E-state index contributed by atoms with van der Waals surface area (Å²) in [6.45, 7) is 0.671. The minimum Gasteiger partial charge on any atom is -0.330 e. The van der Waals surface area contributed by atoms with Gasteiger partial charge in [-0.15, -0.1) is 5.10 Å². The van der Waals surface area contributed by atoms with Crippen LogP contribution in [0.2, 0.25) is 5.02 Å². The summed E-state index contributed by atoms with van der Waals surface area (Å²) in [7, 11) is 0. The molecule has 84 valence electrons. The number of hydrogen-bond donors (Lipinski definition) is 1. The van der Waals surface area contributed by atoms with E-state index >= 15 is 0 Å². The van der Waals surface area contributed by atoms with Crippen molar-refractivity contribution in [2.75, 3.05) is 6.54 Å². The molecule has 5 heteroatoms. The third-order valence-electron chi connectivity index (χ3n) is 2.25. The predicted molar refractivity (Wildman–Crippen MR) is 63.7 cm³/mol. The first-order chi connectivity index (χ1) is 7.79. The van der Waals surface area contributed by atoms with Gasteiger partial charge >= 0.3 is 0 Å². The highest BCUT2D eigenvalue weighted by Gasteiger charge is 2.02. The maximum Gasteiger partial charge on any atom is 0.0832 e. The van der Waals surface area contributed by atoms with E-state index < -0.39 is 0 Å². The second kappa shape index (κ2) is 5.09. The molecule has 16 heavy (non-hydrogen) atoms. The van der Waals surface area contributed by atoms with Gasteiger partial charge in [-0.3, -0.25) is 0 Å². The molecule has 0 aliphatic carbocycles. The van der Waals surface area contributed by atoms with Gasteiger partial charge in [-0.05, 0) is 37.6 Å². The number of nitrogens with two attached hydrogens (primary N) is 1. The summed E-state index contributed by atoms with van der Waals surface area (Å²) in [5.41, 5.74) is 7.31. The number of nitrogens with zero attached hydrogens (tertiary/aromatic N) is 3. The monoisotopic (exact) mass is 236 g/mol. The van der Waals surface area contributed by atoms with Crippen LogP contribution < -0.4 is 5.73 Å². The zero-order valence-corrected chi connectivity index (χ0v) is 9.56. The minimum absolute atomic E-state index is 0.671. The van der Waals surface area contributed by atoms with Gasteiger partial charge in [0.1, 0.15) is 0 Å². The van der Waals surface area contributed by atoms with E-state index in [0.717, 1.165) is 24.2 Å². The van der Waals surface area contributed by atoms with Gasteiger partial charge in [0.15, 0.2) is 0 Å². The summed E-state index contributed by atoms with van der Waals surface area (Å²) in [4.78, 5) is 0. The molecule has 2 aromatic rings. The molecule has 0 aliphatic rings. The Balaban J connectivity index is 2.18. The highest BCUT2D eigenvalue weighted by Crippen LogP contribution is 2.14. The largest absolute Gasteiger partial charge is 0.330 e. The van der Waals surface area contributed by atoms with Crippen LogP contribution in [-0.2, 0) is 6.42 Å². The number of aryl methyl sites for hydroxylation is 1. The number of halogens is 1. The number of benzene rings is 1. The standard InChI is InChI=1S/C11H13ClN4/c12-9-3-1-5-11(7-9)16-8-10(14-15-16)4-2-6-13/h1,3,5,7-8H,2,4,6,13H2. The molecule has 1 aromatic heterocycles. The molecule has 0 spiro atoms. The van der Waals surface area contributed by atoms with Gasteiger partial charge < -0.3 is 5.73 Å². The lowest BCUT2D eigenvalue weighted by atomic mass is 10.2. The SMILES string of the molecule is NCCCc1cn(-c2cccc(Cl)c2)nn1. The van der Waals surface area contributed by atoms with Crippen molar-refractivity contribution in [1.82, 2.24) is 15.0 Å². The molecule has 0 saturated carbocycles. The predicted octanol–water partition coefficient (Wildman–Crippen LogP) is 1.81. The molecule has 1 aromatic carbocycles. The maximum absolute atomic E-state index is 5.91. The van der Waals surface area contributed by atoms with Gasteiger partial charge in [0, 0.05) is 5.02 Å². The van der Waals surface area contributed by atoms with Crippen molar-refractivity contribution in [3.8, 4) is 5.69 Å². The number of rotatable bonds is 4. The Morgan fingerprint density at radius 2 is 2.25 bits per heavy atom. The Morgan fingerprint density at radius 1 is 1.38 bits per heavy atom. The van der Waals surface area contributed by atoms with Crippen LogP contribution in [0.1, 0.15) is 12.1 Å². The molecule has 0 aliphatic heterocycles. The third-order valence-corrected chi connectivity index (χ3v) is 2.49. The molecule has 2 rings (SSSR count). The van der Waals surface area contributed by atoms with Crippen molar-refractivity contribution < 1.29 is 0 Å². The van der Waals surface area contributed by atoms with Gasteiger partial charge in [0.2, 0.25) is 0 Å². The summed E-state index contributed by atoms with van der Waals surface area (Å²) in [6, 6.07) is 7.51. The van der Waals surface area contributed by atoms with Crippen LogP contribution in [0.15, 0.2) is 30.5 Å². The summed E-state index contributed by atoms with van der Waals surface area (Å²) < 4.78 is 1.72. The first-order valence-corrected chi connectivity index (χ1v) is 5.54. The van der Waals surface area contributed by atoms with Crippen molar-refractivity contribution in [3.63, 3.8) is 0 Å². The molecule has 0 bridgehead atoms. The fourth-order valence-corrected chi connectivity index (χ4v) is 1.63. The van der Waals surface area contributed by atoms with Crippen LogP contribution >= 0.6 is 11.6 Å².